The zero-order chi connectivity index (χ0) is 16.8. The first-order chi connectivity index (χ1) is 11.6. The topological polar surface area (TPSA) is 140 Å². The summed E-state index contributed by atoms with van der Waals surface area (Å²) >= 11 is 1.48. The molecule has 4 heterocycles. The highest BCUT2D eigenvalue weighted by molar-refractivity contribution is 7.13. The Balaban J connectivity index is 1.82. The van der Waals surface area contributed by atoms with E-state index in [1.54, 1.807) is 0 Å². The molecule has 1 aliphatic rings. The molecule has 9 nitrogen and oxygen atoms in total. The summed E-state index contributed by atoms with van der Waals surface area (Å²) in [5.74, 6) is 0.664. The van der Waals surface area contributed by atoms with Crippen LogP contribution in [0.2, 0.25) is 0 Å². The molecule has 0 unspecified atom stereocenters. The molecule has 10 heteroatoms. The third kappa shape index (κ3) is 2.27. The van der Waals surface area contributed by atoms with Gasteiger partial charge < -0.3 is 25.8 Å². The van der Waals surface area contributed by atoms with Crippen LogP contribution in [0.15, 0.2) is 23.8 Å². The lowest BCUT2D eigenvalue weighted by Crippen LogP contribution is -2.33. The van der Waals surface area contributed by atoms with Gasteiger partial charge in [0.25, 0.3) is 0 Å². The fourth-order valence-electron chi connectivity index (χ4n) is 2.75. The summed E-state index contributed by atoms with van der Waals surface area (Å²) in [5, 5.41) is 31.3. The molecular formula is C14H15N5O4S. The number of ether oxygens (including phenoxy) is 1. The first-order valence-corrected chi connectivity index (χ1v) is 8.14. The number of aliphatic hydroxyl groups excluding tert-OH is 3. The minimum Gasteiger partial charge on any atom is -0.394 e. The average molecular weight is 349 g/mol. The lowest BCUT2D eigenvalue weighted by atomic mass is 10.1. The number of aliphatic hydroxyl groups is 3. The van der Waals surface area contributed by atoms with E-state index in [1.807, 2.05) is 17.5 Å². The molecule has 3 aromatic heterocycles. The standard InChI is InChI=1S/C14H15N5O4S/c15-11-8-13(18-12(17-11)7-2-1-3-24-7)19(5-16-8)14-10(22)9(21)6(4-20)23-14/h1-3,5-6,9-10,14,20-22H,4H2,(H2,15,17,18)/t6-,9-,10-,14-/m1/s1. The van der Waals surface area contributed by atoms with Crippen LogP contribution in [0.25, 0.3) is 21.9 Å². The van der Waals surface area contributed by atoms with Crippen molar-refractivity contribution in [2.45, 2.75) is 24.5 Å². The van der Waals surface area contributed by atoms with Crippen LogP contribution in [0.4, 0.5) is 5.82 Å². The van der Waals surface area contributed by atoms with E-state index in [-0.39, 0.29) is 5.82 Å². The minimum absolute atomic E-state index is 0.217. The van der Waals surface area contributed by atoms with Crippen molar-refractivity contribution >= 4 is 28.3 Å². The van der Waals surface area contributed by atoms with Gasteiger partial charge in [-0.25, -0.2) is 15.0 Å². The van der Waals surface area contributed by atoms with Gasteiger partial charge in [-0.2, -0.15) is 0 Å². The van der Waals surface area contributed by atoms with Crippen LogP contribution in [0.1, 0.15) is 6.23 Å². The second-order valence-corrected chi connectivity index (χ2v) is 6.41. The van der Waals surface area contributed by atoms with Crippen molar-refractivity contribution in [1.82, 2.24) is 19.5 Å². The summed E-state index contributed by atoms with van der Waals surface area (Å²) in [6.45, 7) is -0.404. The molecular weight excluding hydrogens is 334 g/mol. The van der Waals surface area contributed by atoms with E-state index >= 15 is 0 Å². The van der Waals surface area contributed by atoms with E-state index in [0.717, 1.165) is 4.88 Å². The number of hydrogen-bond acceptors (Lipinski definition) is 9. The van der Waals surface area contributed by atoms with Crippen molar-refractivity contribution in [3.63, 3.8) is 0 Å². The largest absolute Gasteiger partial charge is 0.394 e. The number of aromatic nitrogens is 4. The molecule has 0 aromatic carbocycles. The van der Waals surface area contributed by atoms with Gasteiger partial charge in [0.1, 0.15) is 23.8 Å². The van der Waals surface area contributed by atoms with Crippen molar-refractivity contribution in [1.29, 1.82) is 0 Å². The van der Waals surface area contributed by atoms with Gasteiger partial charge >= 0.3 is 0 Å². The van der Waals surface area contributed by atoms with Crippen LogP contribution >= 0.6 is 11.3 Å². The van der Waals surface area contributed by atoms with E-state index in [9.17, 15) is 15.3 Å². The zero-order valence-corrected chi connectivity index (χ0v) is 13.2. The van der Waals surface area contributed by atoms with E-state index in [0.29, 0.717) is 17.0 Å². The summed E-state index contributed by atoms with van der Waals surface area (Å²) < 4.78 is 7.03. The number of anilines is 1. The monoisotopic (exact) mass is 349 g/mol. The van der Waals surface area contributed by atoms with Gasteiger partial charge in [-0.1, -0.05) is 6.07 Å². The van der Waals surface area contributed by atoms with E-state index < -0.39 is 31.1 Å². The molecule has 0 aliphatic carbocycles. The van der Waals surface area contributed by atoms with Gasteiger partial charge in [0.05, 0.1) is 17.8 Å². The Kier molecular flexibility index (Phi) is 3.70. The first kappa shape index (κ1) is 15.4. The predicted octanol–water partition coefficient (Wildman–Crippen LogP) is -0.252. The molecule has 1 aliphatic heterocycles. The molecule has 5 N–H and O–H groups in total. The molecule has 1 saturated heterocycles. The van der Waals surface area contributed by atoms with E-state index in [4.69, 9.17) is 10.5 Å². The number of hydrogen-bond donors (Lipinski definition) is 4. The molecule has 3 aromatic rings. The van der Waals surface area contributed by atoms with Crippen LogP contribution in [-0.4, -0.2) is 59.8 Å². The van der Waals surface area contributed by atoms with E-state index in [1.165, 1.54) is 22.2 Å². The molecule has 4 rings (SSSR count). The number of fused-ring (bicyclic) bond motifs is 1. The molecule has 0 bridgehead atoms. The molecule has 0 saturated carbocycles. The Bertz CT molecular complexity index is 868. The molecule has 1 fully saturated rings. The summed E-state index contributed by atoms with van der Waals surface area (Å²) in [7, 11) is 0. The highest BCUT2D eigenvalue weighted by Gasteiger charge is 2.44. The minimum atomic E-state index is -1.22. The maximum absolute atomic E-state index is 10.2. The summed E-state index contributed by atoms with van der Waals surface area (Å²) in [5.41, 5.74) is 6.75. The van der Waals surface area contributed by atoms with Gasteiger partial charge in [0, 0.05) is 0 Å². The van der Waals surface area contributed by atoms with Gasteiger partial charge in [0.15, 0.2) is 23.5 Å². The SMILES string of the molecule is Nc1nc(-c2cccs2)nc2c1ncn2[C@@H]1O[C@H](CO)[C@@H](O)[C@H]1O. The Labute approximate surface area is 140 Å². The van der Waals surface area contributed by atoms with Crippen molar-refractivity contribution in [3.8, 4) is 10.7 Å². The van der Waals surface area contributed by atoms with Crippen molar-refractivity contribution in [2.24, 2.45) is 0 Å². The van der Waals surface area contributed by atoms with Crippen LogP contribution in [0.3, 0.4) is 0 Å². The quantitative estimate of drug-likeness (QED) is 0.507. The normalized spacial score (nSPS) is 27.1. The number of rotatable bonds is 3. The van der Waals surface area contributed by atoms with E-state index in [2.05, 4.69) is 15.0 Å². The van der Waals surface area contributed by atoms with Crippen LogP contribution in [0, 0.1) is 0 Å². The third-order valence-corrected chi connectivity index (χ3v) is 4.85. The summed E-state index contributed by atoms with van der Waals surface area (Å²) in [4.78, 5) is 13.8. The second kappa shape index (κ2) is 5.76. The zero-order valence-electron chi connectivity index (χ0n) is 12.4. The van der Waals surface area contributed by atoms with Crippen LogP contribution < -0.4 is 5.73 Å². The fraction of sp³-hybridized carbons (Fsp3) is 0.357. The molecule has 126 valence electrons. The van der Waals surface area contributed by atoms with Crippen LogP contribution in [0.5, 0.6) is 0 Å². The fourth-order valence-corrected chi connectivity index (χ4v) is 3.41. The van der Waals surface area contributed by atoms with Gasteiger partial charge in [-0.3, -0.25) is 4.57 Å². The highest BCUT2D eigenvalue weighted by Crippen LogP contribution is 2.33. The second-order valence-electron chi connectivity index (χ2n) is 5.46. The van der Waals surface area contributed by atoms with Crippen LogP contribution in [-0.2, 0) is 4.74 Å². The number of imidazole rings is 1. The summed E-state index contributed by atoms with van der Waals surface area (Å²) in [6, 6.07) is 3.76. The van der Waals surface area contributed by atoms with Gasteiger partial charge in [0.2, 0.25) is 0 Å². The number of nitrogen functional groups attached to an aromatic ring is 1. The Morgan fingerprint density at radius 2 is 2.12 bits per heavy atom. The summed E-state index contributed by atoms with van der Waals surface area (Å²) in [6.07, 6.45) is -2.80. The highest BCUT2D eigenvalue weighted by atomic mass is 32.1. The van der Waals surface area contributed by atoms with Crippen molar-refractivity contribution in [3.05, 3.63) is 23.8 Å². The third-order valence-electron chi connectivity index (χ3n) is 3.98. The predicted molar refractivity (Wildman–Crippen MR) is 86.1 cm³/mol. The Morgan fingerprint density at radius 1 is 1.29 bits per heavy atom. The maximum atomic E-state index is 10.2. The number of nitrogens with zero attached hydrogens (tertiary/aromatic N) is 4. The smallest absolute Gasteiger partial charge is 0.173 e. The number of nitrogens with two attached hydrogens (primary N) is 1. The molecule has 24 heavy (non-hydrogen) atoms. The Hall–Kier alpha value is -2.11. The molecule has 0 spiro atoms. The number of thiophene rings is 1. The van der Waals surface area contributed by atoms with Gasteiger partial charge in [-0.05, 0) is 11.4 Å². The lowest BCUT2D eigenvalue weighted by Gasteiger charge is -2.16. The average Bonchev–Trinajstić information content (AvgIpc) is 3.28. The molecule has 0 radical (unpaired) electrons. The Morgan fingerprint density at radius 3 is 2.79 bits per heavy atom. The lowest BCUT2D eigenvalue weighted by molar-refractivity contribution is -0.0511. The van der Waals surface area contributed by atoms with Gasteiger partial charge in [-0.15, -0.1) is 11.3 Å². The van der Waals surface area contributed by atoms with Crippen molar-refractivity contribution in [2.75, 3.05) is 12.3 Å². The van der Waals surface area contributed by atoms with Crippen molar-refractivity contribution < 1.29 is 20.1 Å². The maximum Gasteiger partial charge on any atom is 0.173 e. The first-order valence-electron chi connectivity index (χ1n) is 7.26. The molecule has 4 atom stereocenters. The molecule has 0 amide bonds.